The van der Waals surface area contributed by atoms with E-state index < -0.39 is 0 Å². The molecule has 0 aliphatic heterocycles. The Morgan fingerprint density at radius 1 is 1.12 bits per heavy atom. The highest BCUT2D eigenvalue weighted by atomic mass is 16.5. The molecule has 0 aliphatic carbocycles. The summed E-state index contributed by atoms with van der Waals surface area (Å²) in [6, 6.07) is 7.32. The van der Waals surface area contributed by atoms with Crippen molar-refractivity contribution in [3.63, 3.8) is 0 Å². The van der Waals surface area contributed by atoms with Gasteiger partial charge in [-0.25, -0.2) is 0 Å². The van der Waals surface area contributed by atoms with E-state index in [2.05, 4.69) is 29.5 Å². The number of aromatic nitrogens is 1. The van der Waals surface area contributed by atoms with Gasteiger partial charge in [-0.05, 0) is 31.5 Å². The van der Waals surface area contributed by atoms with E-state index in [1.807, 2.05) is 0 Å². The van der Waals surface area contributed by atoms with Gasteiger partial charge in [-0.15, -0.1) is 0 Å². The molecule has 1 atom stereocenters. The predicted octanol–water partition coefficient (Wildman–Crippen LogP) is 3.56. The first kappa shape index (κ1) is 17.6. The van der Waals surface area contributed by atoms with Crippen LogP contribution in [0.15, 0.2) is 36.7 Å². The molecule has 1 aromatic heterocycles. The number of rotatable bonds is 7. The van der Waals surface area contributed by atoms with Crippen molar-refractivity contribution < 1.29 is 14.3 Å². The minimum absolute atomic E-state index is 0.234. The molecular formula is C18H23N3O3. The van der Waals surface area contributed by atoms with Gasteiger partial charge >= 0.3 is 0 Å². The highest BCUT2D eigenvalue weighted by Gasteiger charge is 2.11. The van der Waals surface area contributed by atoms with Crippen LogP contribution in [-0.4, -0.2) is 31.2 Å². The van der Waals surface area contributed by atoms with Crippen LogP contribution < -0.4 is 20.1 Å². The second kappa shape index (κ2) is 8.19. The van der Waals surface area contributed by atoms with Crippen LogP contribution in [0.4, 0.5) is 11.4 Å². The molecule has 24 heavy (non-hydrogen) atoms. The molecule has 0 aliphatic rings. The van der Waals surface area contributed by atoms with Gasteiger partial charge in [0.05, 0.1) is 25.5 Å². The Kier molecular flexibility index (Phi) is 6.01. The van der Waals surface area contributed by atoms with Gasteiger partial charge in [0, 0.05) is 30.2 Å². The van der Waals surface area contributed by atoms with Crippen LogP contribution >= 0.6 is 0 Å². The van der Waals surface area contributed by atoms with Gasteiger partial charge in [0.15, 0.2) is 11.5 Å². The molecule has 1 heterocycles. The summed E-state index contributed by atoms with van der Waals surface area (Å²) in [5.74, 6) is 0.931. The van der Waals surface area contributed by atoms with Crippen molar-refractivity contribution in [2.45, 2.75) is 26.3 Å². The Balaban J connectivity index is 2.13. The van der Waals surface area contributed by atoms with E-state index in [4.69, 9.17) is 9.47 Å². The summed E-state index contributed by atoms with van der Waals surface area (Å²) in [6.45, 7) is 4.18. The number of nitrogens with one attached hydrogen (secondary N) is 2. The van der Waals surface area contributed by atoms with E-state index in [1.54, 1.807) is 44.7 Å². The number of amides is 1. The standard InChI is InChI=1S/C18H23N3O3/c1-5-12(2)20-15-8-13(10-19-11-15)18(22)21-14-6-7-16(23-3)17(9-14)24-4/h6-12,20H,5H2,1-4H3,(H,21,22). The molecule has 2 aromatic rings. The SMILES string of the molecule is CCC(C)Nc1cncc(C(=O)Nc2ccc(OC)c(OC)c2)c1. The number of hydrogen-bond donors (Lipinski definition) is 2. The second-order valence-corrected chi connectivity index (χ2v) is 5.44. The summed E-state index contributed by atoms with van der Waals surface area (Å²) in [4.78, 5) is 16.6. The van der Waals surface area contributed by atoms with Crippen LogP contribution in [0.25, 0.3) is 0 Å². The summed E-state index contributed by atoms with van der Waals surface area (Å²) in [5.41, 5.74) is 1.93. The average molecular weight is 329 g/mol. The molecule has 2 N–H and O–H groups in total. The Morgan fingerprint density at radius 3 is 2.54 bits per heavy atom. The number of nitrogens with zero attached hydrogens (tertiary/aromatic N) is 1. The molecule has 0 saturated carbocycles. The van der Waals surface area contributed by atoms with E-state index in [-0.39, 0.29) is 5.91 Å². The Morgan fingerprint density at radius 2 is 1.88 bits per heavy atom. The summed E-state index contributed by atoms with van der Waals surface area (Å²) < 4.78 is 10.4. The second-order valence-electron chi connectivity index (χ2n) is 5.44. The first-order valence-corrected chi connectivity index (χ1v) is 7.82. The number of carbonyl (C=O) groups is 1. The van der Waals surface area contributed by atoms with Crippen LogP contribution in [-0.2, 0) is 0 Å². The Bertz CT molecular complexity index is 704. The molecule has 2 rings (SSSR count). The predicted molar refractivity (Wildman–Crippen MR) is 95.1 cm³/mol. The first-order valence-electron chi connectivity index (χ1n) is 7.82. The van der Waals surface area contributed by atoms with Crippen molar-refractivity contribution in [3.8, 4) is 11.5 Å². The number of methoxy groups -OCH3 is 2. The molecule has 0 bridgehead atoms. The lowest BCUT2D eigenvalue weighted by Gasteiger charge is -2.14. The molecule has 6 nitrogen and oxygen atoms in total. The largest absolute Gasteiger partial charge is 0.493 e. The number of benzene rings is 1. The van der Waals surface area contributed by atoms with Gasteiger partial charge in [0.25, 0.3) is 5.91 Å². The summed E-state index contributed by atoms with van der Waals surface area (Å²) in [7, 11) is 3.12. The van der Waals surface area contributed by atoms with Crippen molar-refractivity contribution in [1.29, 1.82) is 0 Å². The van der Waals surface area contributed by atoms with Crippen molar-refractivity contribution in [2.75, 3.05) is 24.9 Å². The molecule has 1 aromatic carbocycles. The topological polar surface area (TPSA) is 72.5 Å². The maximum Gasteiger partial charge on any atom is 0.257 e. The molecular weight excluding hydrogens is 306 g/mol. The lowest BCUT2D eigenvalue weighted by molar-refractivity contribution is 0.102. The summed E-state index contributed by atoms with van der Waals surface area (Å²) in [6.07, 6.45) is 4.24. The molecule has 0 radical (unpaired) electrons. The van der Waals surface area contributed by atoms with Gasteiger partial charge < -0.3 is 20.1 Å². The Labute approximate surface area is 142 Å². The zero-order chi connectivity index (χ0) is 17.5. The monoisotopic (exact) mass is 329 g/mol. The highest BCUT2D eigenvalue weighted by Crippen LogP contribution is 2.29. The number of hydrogen-bond acceptors (Lipinski definition) is 5. The Hall–Kier alpha value is -2.76. The van der Waals surface area contributed by atoms with Gasteiger partial charge in [-0.2, -0.15) is 0 Å². The summed E-state index contributed by atoms with van der Waals surface area (Å²) in [5, 5.41) is 6.14. The molecule has 1 amide bonds. The van der Waals surface area contributed by atoms with Crippen molar-refractivity contribution in [1.82, 2.24) is 4.98 Å². The molecule has 0 fully saturated rings. The number of anilines is 2. The maximum absolute atomic E-state index is 12.4. The minimum atomic E-state index is -0.234. The van der Waals surface area contributed by atoms with Crippen LogP contribution in [0.5, 0.6) is 11.5 Å². The zero-order valence-corrected chi connectivity index (χ0v) is 14.4. The smallest absolute Gasteiger partial charge is 0.257 e. The van der Waals surface area contributed by atoms with Gasteiger partial charge in [0.1, 0.15) is 0 Å². The van der Waals surface area contributed by atoms with Crippen LogP contribution in [0.2, 0.25) is 0 Å². The van der Waals surface area contributed by atoms with E-state index in [0.717, 1.165) is 12.1 Å². The van der Waals surface area contributed by atoms with Crippen molar-refractivity contribution in [2.24, 2.45) is 0 Å². The van der Waals surface area contributed by atoms with E-state index in [0.29, 0.717) is 28.8 Å². The number of pyridine rings is 1. The maximum atomic E-state index is 12.4. The fraction of sp³-hybridized carbons (Fsp3) is 0.333. The van der Waals surface area contributed by atoms with E-state index >= 15 is 0 Å². The van der Waals surface area contributed by atoms with Gasteiger partial charge in [0.2, 0.25) is 0 Å². The lowest BCUT2D eigenvalue weighted by Crippen LogP contribution is -2.16. The third-order valence-corrected chi connectivity index (χ3v) is 3.67. The fourth-order valence-corrected chi connectivity index (χ4v) is 2.15. The van der Waals surface area contributed by atoms with Crippen LogP contribution in [0.3, 0.4) is 0 Å². The zero-order valence-electron chi connectivity index (χ0n) is 14.4. The van der Waals surface area contributed by atoms with E-state index in [1.165, 1.54) is 6.20 Å². The van der Waals surface area contributed by atoms with Gasteiger partial charge in [-0.1, -0.05) is 6.92 Å². The normalized spacial score (nSPS) is 11.5. The molecule has 1 unspecified atom stereocenters. The number of carbonyl (C=O) groups excluding carboxylic acids is 1. The van der Waals surface area contributed by atoms with Crippen LogP contribution in [0, 0.1) is 0 Å². The minimum Gasteiger partial charge on any atom is -0.493 e. The average Bonchev–Trinajstić information content (AvgIpc) is 2.61. The highest BCUT2D eigenvalue weighted by molar-refractivity contribution is 6.04. The summed E-state index contributed by atoms with van der Waals surface area (Å²) >= 11 is 0. The quantitative estimate of drug-likeness (QED) is 0.812. The first-order chi connectivity index (χ1) is 11.6. The van der Waals surface area contributed by atoms with Crippen molar-refractivity contribution >= 4 is 17.3 Å². The fourth-order valence-electron chi connectivity index (χ4n) is 2.15. The molecule has 6 heteroatoms. The van der Waals surface area contributed by atoms with E-state index in [9.17, 15) is 4.79 Å². The van der Waals surface area contributed by atoms with Gasteiger partial charge in [-0.3, -0.25) is 9.78 Å². The van der Waals surface area contributed by atoms with Crippen LogP contribution in [0.1, 0.15) is 30.6 Å². The molecule has 0 spiro atoms. The third kappa shape index (κ3) is 4.38. The lowest BCUT2D eigenvalue weighted by atomic mass is 10.2. The number of ether oxygens (including phenoxy) is 2. The third-order valence-electron chi connectivity index (χ3n) is 3.67. The molecule has 0 saturated heterocycles. The molecule has 128 valence electrons. The van der Waals surface area contributed by atoms with Crippen molar-refractivity contribution in [3.05, 3.63) is 42.2 Å².